The summed E-state index contributed by atoms with van der Waals surface area (Å²) in [5.74, 6) is -1.12. The van der Waals surface area contributed by atoms with Crippen molar-refractivity contribution in [1.82, 2.24) is 0 Å². The predicted octanol–water partition coefficient (Wildman–Crippen LogP) is -0.285. The fraction of sp³-hybridized carbons (Fsp3) is 0.500. The highest BCUT2D eigenvalue weighted by Gasteiger charge is 1.93. The largest absolute Gasteiger partial charge is 0.394 e. The molecule has 0 atom stereocenters. The van der Waals surface area contributed by atoms with Crippen LogP contribution in [0.5, 0.6) is 0 Å². The van der Waals surface area contributed by atoms with E-state index in [1.165, 1.54) is 13.8 Å². The van der Waals surface area contributed by atoms with Crippen LogP contribution in [0.1, 0.15) is 13.8 Å². The van der Waals surface area contributed by atoms with Crippen molar-refractivity contribution in [3.05, 3.63) is 0 Å². The van der Waals surface area contributed by atoms with Crippen LogP contribution in [0, 0.1) is 0 Å². The zero-order valence-corrected chi connectivity index (χ0v) is 5.72. The maximum Gasteiger partial charge on any atom is 0.310 e. The van der Waals surface area contributed by atoms with Gasteiger partial charge in [0.2, 0.25) is 0 Å². The Morgan fingerprint density at radius 2 is 1.38 bits per heavy atom. The molecule has 8 heavy (non-hydrogen) atoms. The molecule has 4 radical (unpaired) electrons. The average molecular weight is 130 g/mol. The summed E-state index contributed by atoms with van der Waals surface area (Å²) in [6.07, 6.45) is 0. The summed E-state index contributed by atoms with van der Waals surface area (Å²) in [7, 11) is 0. The van der Waals surface area contributed by atoms with Gasteiger partial charge in [0.15, 0.2) is 0 Å². The molecule has 0 fully saturated rings. The molecular weight excluding hydrogens is 124 g/mol. The lowest BCUT2D eigenvalue weighted by Gasteiger charge is -1.87. The van der Waals surface area contributed by atoms with Gasteiger partial charge in [0.25, 0.3) is 0 Å². The number of carbonyl (C=O) groups excluding carboxylic acids is 2. The van der Waals surface area contributed by atoms with Crippen LogP contribution in [0.2, 0.25) is 0 Å². The second-order valence-electron chi connectivity index (χ2n) is 1.09. The van der Waals surface area contributed by atoms with Gasteiger partial charge in [-0.05, 0) is 0 Å². The molecule has 0 bridgehead atoms. The summed E-state index contributed by atoms with van der Waals surface area (Å²) in [6, 6.07) is 0. The normalized spacial score (nSPS) is 6.75. The van der Waals surface area contributed by atoms with E-state index in [2.05, 4.69) is 4.74 Å². The first-order chi connectivity index (χ1) is 3.13. The minimum atomic E-state index is -0.562. The molecule has 0 N–H and O–H groups in total. The predicted molar refractivity (Wildman–Crippen MR) is 28.2 cm³/mol. The van der Waals surface area contributed by atoms with Crippen LogP contribution < -0.4 is 0 Å². The fourth-order valence-corrected chi connectivity index (χ4v) is 0.202. The van der Waals surface area contributed by atoms with E-state index in [4.69, 9.17) is 0 Å². The standard InChI is InChI=1S/C4H6O3.Si/c1-3(5)7-4(2)6;/h1-2H3;. The minimum Gasteiger partial charge on any atom is -0.394 e. The molecule has 0 heterocycles. The summed E-state index contributed by atoms with van der Waals surface area (Å²) < 4.78 is 3.97. The Hall–Kier alpha value is -0.643. The lowest BCUT2D eigenvalue weighted by molar-refractivity contribution is -0.156. The van der Waals surface area contributed by atoms with Gasteiger partial charge >= 0.3 is 11.9 Å². The molecule has 0 aliphatic carbocycles. The Balaban J connectivity index is 0. The van der Waals surface area contributed by atoms with Gasteiger partial charge in [0.1, 0.15) is 0 Å². The molecule has 0 aromatic heterocycles. The highest BCUT2D eigenvalue weighted by atomic mass is 28.1. The third kappa shape index (κ3) is 9.02. The van der Waals surface area contributed by atoms with Crippen molar-refractivity contribution < 1.29 is 14.3 Å². The molecular formula is C4H6O3Si. The van der Waals surface area contributed by atoms with Gasteiger partial charge in [-0.25, -0.2) is 0 Å². The van der Waals surface area contributed by atoms with Crippen molar-refractivity contribution in [2.24, 2.45) is 0 Å². The summed E-state index contributed by atoms with van der Waals surface area (Å²) >= 11 is 0. The maximum absolute atomic E-state index is 9.81. The number of rotatable bonds is 0. The molecule has 44 valence electrons. The van der Waals surface area contributed by atoms with Crippen molar-refractivity contribution in [3.63, 3.8) is 0 Å². The van der Waals surface area contributed by atoms with Crippen LogP contribution >= 0.6 is 0 Å². The van der Waals surface area contributed by atoms with Crippen LogP contribution in [0.4, 0.5) is 0 Å². The molecule has 0 unspecified atom stereocenters. The van der Waals surface area contributed by atoms with Crippen LogP contribution in [0.25, 0.3) is 0 Å². The highest BCUT2D eigenvalue weighted by Crippen LogP contribution is 1.73. The summed E-state index contributed by atoms with van der Waals surface area (Å²) in [5, 5.41) is 0. The number of esters is 2. The van der Waals surface area contributed by atoms with Gasteiger partial charge in [0, 0.05) is 24.8 Å². The Labute approximate surface area is 52.0 Å². The van der Waals surface area contributed by atoms with Gasteiger partial charge in [-0.2, -0.15) is 0 Å². The van der Waals surface area contributed by atoms with Crippen molar-refractivity contribution in [2.45, 2.75) is 13.8 Å². The van der Waals surface area contributed by atoms with Gasteiger partial charge in [-0.3, -0.25) is 9.59 Å². The first-order valence-electron chi connectivity index (χ1n) is 1.82. The first kappa shape index (κ1) is 10.4. The van der Waals surface area contributed by atoms with Crippen LogP contribution in [-0.4, -0.2) is 22.9 Å². The molecule has 3 nitrogen and oxygen atoms in total. The van der Waals surface area contributed by atoms with E-state index in [1.807, 2.05) is 0 Å². The molecule has 0 rings (SSSR count). The van der Waals surface area contributed by atoms with E-state index < -0.39 is 11.9 Å². The van der Waals surface area contributed by atoms with E-state index >= 15 is 0 Å². The Kier molecular flexibility index (Phi) is 5.85. The summed E-state index contributed by atoms with van der Waals surface area (Å²) in [4.78, 5) is 19.6. The topological polar surface area (TPSA) is 43.4 Å². The smallest absolute Gasteiger partial charge is 0.310 e. The number of carbonyl (C=O) groups is 2. The monoisotopic (exact) mass is 130 g/mol. The molecule has 0 aromatic rings. The van der Waals surface area contributed by atoms with Crippen LogP contribution in [0.15, 0.2) is 0 Å². The SMILES string of the molecule is CC(=O)OC(C)=O.[Si]. The van der Waals surface area contributed by atoms with Crippen molar-refractivity contribution in [1.29, 1.82) is 0 Å². The van der Waals surface area contributed by atoms with E-state index in [1.54, 1.807) is 0 Å². The van der Waals surface area contributed by atoms with E-state index in [0.29, 0.717) is 0 Å². The number of hydrogen-bond acceptors (Lipinski definition) is 3. The third-order valence-corrected chi connectivity index (χ3v) is 0.287. The number of hydrogen-bond donors (Lipinski definition) is 0. The molecule has 0 aliphatic heterocycles. The van der Waals surface area contributed by atoms with Crippen molar-refractivity contribution in [2.75, 3.05) is 0 Å². The van der Waals surface area contributed by atoms with E-state index in [-0.39, 0.29) is 11.0 Å². The number of ether oxygens (including phenoxy) is 1. The summed E-state index contributed by atoms with van der Waals surface area (Å²) in [5.41, 5.74) is 0. The molecule has 0 saturated carbocycles. The molecule has 4 heteroatoms. The average Bonchev–Trinajstić information content (AvgIpc) is 1.27. The van der Waals surface area contributed by atoms with Crippen LogP contribution in [0.3, 0.4) is 0 Å². The van der Waals surface area contributed by atoms with Gasteiger partial charge in [0.05, 0.1) is 0 Å². The second kappa shape index (κ2) is 4.51. The molecule has 0 saturated heterocycles. The summed E-state index contributed by atoms with van der Waals surface area (Å²) in [6.45, 7) is 2.36. The van der Waals surface area contributed by atoms with Crippen molar-refractivity contribution in [3.8, 4) is 0 Å². The Morgan fingerprint density at radius 3 is 1.38 bits per heavy atom. The Morgan fingerprint density at radius 1 is 1.12 bits per heavy atom. The molecule has 0 aromatic carbocycles. The van der Waals surface area contributed by atoms with E-state index in [0.717, 1.165) is 0 Å². The van der Waals surface area contributed by atoms with Gasteiger partial charge < -0.3 is 4.74 Å². The lowest BCUT2D eigenvalue weighted by atomic mass is 10.7. The van der Waals surface area contributed by atoms with Crippen molar-refractivity contribution >= 4 is 22.9 Å². The van der Waals surface area contributed by atoms with Crippen LogP contribution in [-0.2, 0) is 14.3 Å². The zero-order chi connectivity index (χ0) is 5.86. The van der Waals surface area contributed by atoms with E-state index in [9.17, 15) is 9.59 Å². The molecule has 0 aliphatic rings. The van der Waals surface area contributed by atoms with Gasteiger partial charge in [-0.15, -0.1) is 0 Å². The quantitative estimate of drug-likeness (QED) is 0.257. The highest BCUT2D eigenvalue weighted by molar-refractivity contribution is 5.82. The molecule has 0 spiro atoms. The molecule has 0 amide bonds. The first-order valence-corrected chi connectivity index (χ1v) is 1.82. The second-order valence-corrected chi connectivity index (χ2v) is 1.09. The fourth-order valence-electron chi connectivity index (χ4n) is 0.202. The Bertz CT molecular complexity index is 87.5. The third-order valence-electron chi connectivity index (χ3n) is 0.287. The lowest BCUT2D eigenvalue weighted by Crippen LogP contribution is -2.03. The van der Waals surface area contributed by atoms with Gasteiger partial charge in [-0.1, -0.05) is 0 Å². The maximum atomic E-state index is 9.81. The minimum absolute atomic E-state index is 0. The zero-order valence-electron chi connectivity index (χ0n) is 4.72.